The zero-order chi connectivity index (χ0) is 18.3. The number of hydrogen-bond donors (Lipinski definition) is 2. The molecule has 0 radical (unpaired) electrons. The molecule has 1 aromatic carbocycles. The molecule has 0 amide bonds. The number of hydrogen-bond acceptors (Lipinski definition) is 7. The lowest BCUT2D eigenvalue weighted by molar-refractivity contribution is -0.0592. The Morgan fingerprint density at radius 1 is 1.27 bits per heavy atom. The van der Waals surface area contributed by atoms with Gasteiger partial charge in [0.05, 0.1) is 12.4 Å². The number of ether oxygens (including phenoxy) is 1. The molecule has 26 heavy (non-hydrogen) atoms. The van der Waals surface area contributed by atoms with E-state index in [4.69, 9.17) is 22.2 Å². The van der Waals surface area contributed by atoms with Crippen LogP contribution in [0.25, 0.3) is 11.2 Å². The van der Waals surface area contributed by atoms with Gasteiger partial charge in [-0.25, -0.2) is 20.8 Å². The van der Waals surface area contributed by atoms with Gasteiger partial charge in [-0.1, -0.05) is 23.7 Å². The lowest BCUT2D eigenvalue weighted by atomic mass is 10.0. The number of nitrogens with zero attached hydrogens (tertiary/aromatic N) is 5. The number of aromatic nitrogens is 4. The third-order valence-electron chi connectivity index (χ3n) is 4.58. The molecule has 3 heterocycles. The van der Waals surface area contributed by atoms with E-state index in [-0.39, 0.29) is 12.3 Å². The van der Waals surface area contributed by atoms with Crippen LogP contribution in [0.1, 0.15) is 30.7 Å². The molecular formula is C17H19ClN6O2. The number of halogens is 1. The van der Waals surface area contributed by atoms with E-state index in [2.05, 4.69) is 15.0 Å². The second-order valence-corrected chi connectivity index (χ2v) is 6.77. The molecule has 3 N–H and O–H groups in total. The predicted molar refractivity (Wildman–Crippen MR) is 97.5 cm³/mol. The lowest BCUT2D eigenvalue weighted by Crippen LogP contribution is -2.26. The number of hydrazine groups is 1. The van der Waals surface area contributed by atoms with Crippen molar-refractivity contribution in [3.8, 4) is 0 Å². The summed E-state index contributed by atoms with van der Waals surface area (Å²) in [5.41, 5.74) is 2.05. The van der Waals surface area contributed by atoms with Crippen molar-refractivity contribution >= 4 is 28.6 Å². The summed E-state index contributed by atoms with van der Waals surface area (Å²) in [6, 6.07) is 7.15. The average molecular weight is 375 g/mol. The van der Waals surface area contributed by atoms with E-state index >= 15 is 0 Å². The molecule has 1 aliphatic heterocycles. The van der Waals surface area contributed by atoms with Crippen molar-refractivity contribution < 1.29 is 9.84 Å². The van der Waals surface area contributed by atoms with Gasteiger partial charge in [-0.3, -0.25) is 9.58 Å². The van der Waals surface area contributed by atoms with Crippen LogP contribution in [-0.4, -0.2) is 37.8 Å². The summed E-state index contributed by atoms with van der Waals surface area (Å²) in [5, 5.41) is 12.7. The fraction of sp³-hybridized carbons (Fsp3) is 0.353. The highest BCUT2D eigenvalue weighted by Crippen LogP contribution is 2.36. The quantitative estimate of drug-likeness (QED) is 0.533. The number of aliphatic hydroxyl groups excluding tert-OH is 1. The molecule has 1 fully saturated rings. The van der Waals surface area contributed by atoms with Crippen LogP contribution < -0.4 is 10.9 Å². The van der Waals surface area contributed by atoms with Gasteiger partial charge in [0.2, 0.25) is 0 Å². The number of benzene rings is 1. The maximum atomic E-state index is 10.6. The topological polar surface area (TPSA) is 102 Å². The zero-order valence-electron chi connectivity index (χ0n) is 14.2. The highest BCUT2D eigenvalue weighted by atomic mass is 35.5. The Morgan fingerprint density at radius 3 is 2.77 bits per heavy atom. The first-order valence-electron chi connectivity index (χ1n) is 8.29. The SMILES string of the molecule is CN(N)c1ncnc2c1ncn2C1CCC(C(O)c2ccc(Cl)cc2)O1. The van der Waals surface area contributed by atoms with Crippen LogP contribution in [0.4, 0.5) is 5.82 Å². The summed E-state index contributed by atoms with van der Waals surface area (Å²) in [5.74, 6) is 6.35. The van der Waals surface area contributed by atoms with E-state index in [1.165, 1.54) is 11.3 Å². The highest BCUT2D eigenvalue weighted by Gasteiger charge is 2.33. The van der Waals surface area contributed by atoms with Crippen LogP contribution in [0.5, 0.6) is 0 Å². The molecule has 136 valence electrons. The highest BCUT2D eigenvalue weighted by molar-refractivity contribution is 6.30. The Hall–Kier alpha value is -2.26. The molecule has 0 saturated carbocycles. The summed E-state index contributed by atoms with van der Waals surface area (Å²) in [7, 11) is 1.70. The average Bonchev–Trinajstić information content (AvgIpc) is 3.28. The Labute approximate surface area is 155 Å². The van der Waals surface area contributed by atoms with Crippen LogP contribution in [0.15, 0.2) is 36.9 Å². The van der Waals surface area contributed by atoms with E-state index in [0.717, 1.165) is 18.4 Å². The van der Waals surface area contributed by atoms with Crippen LogP contribution in [0.3, 0.4) is 0 Å². The van der Waals surface area contributed by atoms with Crippen molar-refractivity contribution in [3.05, 3.63) is 47.5 Å². The summed E-state index contributed by atoms with van der Waals surface area (Å²) in [6.07, 6.45) is 3.33. The number of fused-ring (bicyclic) bond motifs is 1. The van der Waals surface area contributed by atoms with Gasteiger partial charge in [0, 0.05) is 12.1 Å². The molecule has 1 aliphatic rings. The van der Waals surface area contributed by atoms with E-state index in [1.807, 2.05) is 16.7 Å². The Morgan fingerprint density at radius 2 is 2.04 bits per heavy atom. The molecule has 0 aliphatic carbocycles. The van der Waals surface area contributed by atoms with Crippen molar-refractivity contribution in [3.63, 3.8) is 0 Å². The van der Waals surface area contributed by atoms with Crippen LogP contribution in [0, 0.1) is 0 Å². The van der Waals surface area contributed by atoms with Gasteiger partial charge < -0.3 is 9.84 Å². The second kappa shape index (κ2) is 6.81. The maximum absolute atomic E-state index is 10.6. The number of nitrogens with two attached hydrogens (primary N) is 1. The molecular weight excluding hydrogens is 356 g/mol. The molecule has 3 aromatic rings. The fourth-order valence-corrected chi connectivity index (χ4v) is 3.39. The Bertz CT molecular complexity index is 913. The third kappa shape index (κ3) is 3.01. The molecule has 3 atom stereocenters. The Kier molecular flexibility index (Phi) is 4.49. The zero-order valence-corrected chi connectivity index (χ0v) is 14.9. The molecule has 3 unspecified atom stereocenters. The monoisotopic (exact) mass is 374 g/mol. The number of anilines is 1. The summed E-state index contributed by atoms with van der Waals surface area (Å²) < 4.78 is 7.96. The van der Waals surface area contributed by atoms with Gasteiger partial charge in [-0.15, -0.1) is 0 Å². The molecule has 0 bridgehead atoms. The van der Waals surface area contributed by atoms with Gasteiger partial charge >= 0.3 is 0 Å². The van der Waals surface area contributed by atoms with Crippen molar-refractivity contribution in [1.82, 2.24) is 19.5 Å². The van der Waals surface area contributed by atoms with E-state index in [9.17, 15) is 5.11 Å². The summed E-state index contributed by atoms with van der Waals surface area (Å²) in [6.45, 7) is 0. The van der Waals surface area contributed by atoms with E-state index < -0.39 is 6.10 Å². The number of aliphatic hydroxyl groups is 1. The minimum absolute atomic E-state index is 0.252. The van der Waals surface area contributed by atoms with Crippen LogP contribution in [-0.2, 0) is 4.74 Å². The standard InChI is InChI=1S/C17H19ClN6O2/c1-23(19)16-14-17(21-8-20-16)24(9-22-14)13-7-6-12(26-13)15(25)10-2-4-11(18)5-3-10/h2-5,8-9,12-13,15,25H,6-7,19H2,1H3. The van der Waals surface area contributed by atoms with Crippen molar-refractivity contribution in [2.75, 3.05) is 12.1 Å². The number of imidazole rings is 1. The van der Waals surface area contributed by atoms with Gasteiger partial charge in [0.25, 0.3) is 0 Å². The first kappa shape index (κ1) is 17.2. The van der Waals surface area contributed by atoms with E-state index in [0.29, 0.717) is 22.0 Å². The molecule has 0 spiro atoms. The third-order valence-corrected chi connectivity index (χ3v) is 4.83. The molecule has 4 rings (SSSR count). The first-order valence-corrected chi connectivity index (χ1v) is 8.67. The maximum Gasteiger partial charge on any atom is 0.174 e. The van der Waals surface area contributed by atoms with Crippen LogP contribution >= 0.6 is 11.6 Å². The molecule has 9 heteroatoms. The Balaban J connectivity index is 1.56. The summed E-state index contributed by atoms with van der Waals surface area (Å²) >= 11 is 5.91. The minimum Gasteiger partial charge on any atom is -0.386 e. The molecule has 2 aromatic heterocycles. The summed E-state index contributed by atoms with van der Waals surface area (Å²) in [4.78, 5) is 12.9. The second-order valence-electron chi connectivity index (χ2n) is 6.34. The lowest BCUT2D eigenvalue weighted by Gasteiger charge is -2.20. The van der Waals surface area contributed by atoms with Gasteiger partial charge in [-0.2, -0.15) is 0 Å². The molecule has 8 nitrogen and oxygen atoms in total. The molecule has 1 saturated heterocycles. The van der Waals surface area contributed by atoms with Crippen LogP contribution in [0.2, 0.25) is 5.02 Å². The first-order chi connectivity index (χ1) is 12.5. The van der Waals surface area contributed by atoms with E-state index in [1.54, 1.807) is 25.5 Å². The minimum atomic E-state index is -0.715. The van der Waals surface area contributed by atoms with Crippen molar-refractivity contribution in [2.45, 2.75) is 31.3 Å². The van der Waals surface area contributed by atoms with Crippen molar-refractivity contribution in [2.24, 2.45) is 5.84 Å². The van der Waals surface area contributed by atoms with Gasteiger partial charge in [-0.05, 0) is 30.5 Å². The van der Waals surface area contributed by atoms with Gasteiger partial charge in [0.15, 0.2) is 17.0 Å². The van der Waals surface area contributed by atoms with Crippen molar-refractivity contribution in [1.29, 1.82) is 0 Å². The fourth-order valence-electron chi connectivity index (χ4n) is 3.26. The smallest absolute Gasteiger partial charge is 0.174 e. The van der Waals surface area contributed by atoms with Gasteiger partial charge in [0.1, 0.15) is 18.7 Å². The normalized spacial score (nSPS) is 21.2. The largest absolute Gasteiger partial charge is 0.386 e. The predicted octanol–water partition coefficient (Wildman–Crippen LogP) is 2.20. The number of rotatable bonds is 4.